The molecule has 118 valence electrons. The van der Waals surface area contributed by atoms with E-state index in [1.807, 2.05) is 0 Å². The number of hydrogen-bond acceptors (Lipinski definition) is 2. The molecule has 2 nitrogen and oxygen atoms in total. The number of hydrogen-bond donors (Lipinski definition) is 0. The summed E-state index contributed by atoms with van der Waals surface area (Å²) >= 11 is -2.32. The summed E-state index contributed by atoms with van der Waals surface area (Å²) in [6, 6.07) is 0. The van der Waals surface area contributed by atoms with E-state index < -0.39 is 18.4 Å². The topological polar surface area (TPSA) is 26.3 Å². The van der Waals surface area contributed by atoms with Gasteiger partial charge in [-0.3, -0.25) is 0 Å². The van der Waals surface area contributed by atoms with Crippen molar-refractivity contribution in [1.82, 2.24) is 0 Å². The van der Waals surface area contributed by atoms with Crippen molar-refractivity contribution in [3.8, 4) is 0 Å². The van der Waals surface area contributed by atoms with Crippen molar-refractivity contribution >= 4 is 24.3 Å². The van der Waals surface area contributed by atoms with E-state index in [-0.39, 0.29) is 5.97 Å². The van der Waals surface area contributed by atoms with E-state index in [9.17, 15) is 4.79 Å². The summed E-state index contributed by atoms with van der Waals surface area (Å²) in [7, 11) is 0. The molecule has 0 unspecified atom stereocenters. The molecule has 0 aliphatic heterocycles. The molecule has 0 radical (unpaired) electrons. The fourth-order valence-electron chi connectivity index (χ4n) is 2.80. The normalized spacial score (nSPS) is 11.3. The second-order valence-electron chi connectivity index (χ2n) is 5.96. The van der Waals surface area contributed by atoms with Crippen LogP contribution in [0.25, 0.3) is 0 Å². The van der Waals surface area contributed by atoms with Crippen molar-refractivity contribution in [3.63, 3.8) is 0 Å². The molecular weight excluding hydrogens is 355 g/mol. The summed E-state index contributed by atoms with van der Waals surface area (Å²) in [4.78, 5) is 12.1. The fourth-order valence-corrected chi connectivity index (χ4v) is 17.9. The van der Waals surface area contributed by atoms with Gasteiger partial charge in [0.05, 0.1) is 0 Å². The van der Waals surface area contributed by atoms with Gasteiger partial charge in [0.15, 0.2) is 0 Å². The Morgan fingerprint density at radius 1 is 1.00 bits per heavy atom. The van der Waals surface area contributed by atoms with Crippen molar-refractivity contribution in [2.24, 2.45) is 0 Å². The van der Waals surface area contributed by atoms with Crippen molar-refractivity contribution in [3.05, 3.63) is 12.7 Å². The quantitative estimate of drug-likeness (QED) is 0.234. The third kappa shape index (κ3) is 9.04. The fraction of sp³-hybridized carbons (Fsp3) is 0.824. The van der Waals surface area contributed by atoms with Crippen molar-refractivity contribution in [1.29, 1.82) is 0 Å². The summed E-state index contributed by atoms with van der Waals surface area (Å²) in [5, 5.41) is 0. The number of carbonyl (C=O) groups is 1. The third-order valence-corrected chi connectivity index (χ3v) is 19.1. The van der Waals surface area contributed by atoms with Gasteiger partial charge in [0.1, 0.15) is 0 Å². The summed E-state index contributed by atoms with van der Waals surface area (Å²) in [6.07, 6.45) is 9.32. The first-order valence-corrected chi connectivity index (χ1v) is 16.5. The Kier molecular flexibility index (Phi) is 12.7. The van der Waals surface area contributed by atoms with Crippen LogP contribution in [-0.4, -0.2) is 31.0 Å². The van der Waals surface area contributed by atoms with E-state index in [2.05, 4.69) is 27.4 Å². The number of unbranched alkanes of at least 4 members (excludes halogenated alkanes) is 3. The predicted molar refractivity (Wildman–Crippen MR) is 90.9 cm³/mol. The van der Waals surface area contributed by atoms with E-state index in [1.54, 1.807) is 6.08 Å². The molecule has 0 aliphatic rings. The molecule has 0 aromatic rings. The Balaban J connectivity index is 4.72. The van der Waals surface area contributed by atoms with Gasteiger partial charge >= 0.3 is 130 Å². The van der Waals surface area contributed by atoms with Gasteiger partial charge in [0.2, 0.25) is 0 Å². The zero-order valence-corrected chi connectivity index (χ0v) is 16.7. The SMILES string of the molecule is C=CCOC(=O)[CH2][Sn]([CH2]CCC)([CH2]CCC)[CH2]CCC. The second-order valence-corrected chi connectivity index (χ2v) is 19.8. The molecule has 0 amide bonds. The maximum absolute atomic E-state index is 12.1. The first-order chi connectivity index (χ1) is 9.64. The first kappa shape index (κ1) is 20.0. The Morgan fingerprint density at radius 2 is 1.45 bits per heavy atom. The van der Waals surface area contributed by atoms with Crippen LogP contribution >= 0.6 is 0 Å². The number of ether oxygens (including phenoxy) is 1. The molecule has 0 atom stereocenters. The summed E-state index contributed by atoms with van der Waals surface area (Å²) in [5.74, 6) is 0.0454. The second kappa shape index (κ2) is 12.7. The van der Waals surface area contributed by atoms with Crippen molar-refractivity contribution in [2.75, 3.05) is 6.61 Å². The molecule has 0 aromatic heterocycles. The van der Waals surface area contributed by atoms with Gasteiger partial charge in [-0.1, -0.05) is 0 Å². The standard InChI is InChI=1S/C5H7O2.3C4H9.Sn/c1-3-4-7-5(2)6;3*1-3-4-2;/h3H,1-2,4H2;3*1,3-4H2,2H3;. The van der Waals surface area contributed by atoms with E-state index in [0.29, 0.717) is 6.61 Å². The zero-order valence-electron chi connectivity index (χ0n) is 13.9. The molecule has 0 heterocycles. The molecule has 20 heavy (non-hydrogen) atoms. The number of carbonyl (C=O) groups excluding carboxylic acids is 1. The van der Waals surface area contributed by atoms with Crippen LogP contribution in [0.3, 0.4) is 0 Å². The molecule has 0 fully saturated rings. The molecule has 0 saturated carbocycles. The van der Waals surface area contributed by atoms with Crippen LogP contribution < -0.4 is 0 Å². The Hall–Kier alpha value is 0.00870. The van der Waals surface area contributed by atoms with Crippen LogP contribution in [0.5, 0.6) is 0 Å². The Bertz CT molecular complexity index is 242. The van der Waals surface area contributed by atoms with Crippen LogP contribution in [0.2, 0.25) is 17.7 Å². The number of rotatable bonds is 13. The van der Waals surface area contributed by atoms with Crippen molar-refractivity contribution in [2.45, 2.75) is 77.0 Å². The molecule has 0 saturated heterocycles. The van der Waals surface area contributed by atoms with E-state index >= 15 is 0 Å². The van der Waals surface area contributed by atoms with Gasteiger partial charge in [-0.2, -0.15) is 0 Å². The third-order valence-electron chi connectivity index (χ3n) is 4.06. The average Bonchev–Trinajstić information content (AvgIpc) is 2.46. The van der Waals surface area contributed by atoms with Crippen LogP contribution in [0, 0.1) is 0 Å². The summed E-state index contributed by atoms with van der Waals surface area (Å²) < 4.78 is 10.2. The predicted octanol–water partition coefficient (Wildman–Crippen LogP) is 5.56. The zero-order chi connectivity index (χ0) is 15.3. The molecule has 0 aromatic carbocycles. The minimum atomic E-state index is -2.32. The minimum absolute atomic E-state index is 0.0454. The average molecular weight is 389 g/mol. The molecule has 0 aliphatic carbocycles. The van der Waals surface area contributed by atoms with Gasteiger partial charge in [-0.15, -0.1) is 0 Å². The van der Waals surface area contributed by atoms with E-state index in [1.165, 1.54) is 51.8 Å². The first-order valence-electron chi connectivity index (χ1n) is 8.40. The Labute approximate surface area is 130 Å². The maximum atomic E-state index is 12.1. The van der Waals surface area contributed by atoms with Gasteiger partial charge in [0, 0.05) is 0 Å². The van der Waals surface area contributed by atoms with E-state index in [4.69, 9.17) is 4.74 Å². The molecule has 0 rings (SSSR count). The monoisotopic (exact) mass is 390 g/mol. The summed E-state index contributed by atoms with van der Waals surface area (Å²) in [5.41, 5.74) is 0. The molecular formula is C17H34O2Sn. The Morgan fingerprint density at radius 3 is 1.80 bits per heavy atom. The van der Waals surface area contributed by atoms with Gasteiger partial charge in [-0.25, -0.2) is 0 Å². The van der Waals surface area contributed by atoms with Crippen LogP contribution in [0.15, 0.2) is 12.7 Å². The summed E-state index contributed by atoms with van der Waals surface area (Å²) in [6.45, 7) is 10.8. The van der Waals surface area contributed by atoms with Gasteiger partial charge in [-0.05, 0) is 0 Å². The van der Waals surface area contributed by atoms with Crippen LogP contribution in [-0.2, 0) is 9.53 Å². The van der Waals surface area contributed by atoms with Gasteiger partial charge in [0.25, 0.3) is 0 Å². The van der Waals surface area contributed by atoms with Crippen molar-refractivity contribution < 1.29 is 9.53 Å². The molecule has 3 heteroatoms. The van der Waals surface area contributed by atoms with Gasteiger partial charge < -0.3 is 0 Å². The molecule has 0 N–H and O–H groups in total. The van der Waals surface area contributed by atoms with Crippen LogP contribution in [0.4, 0.5) is 0 Å². The number of esters is 1. The molecule has 0 bridgehead atoms. The van der Waals surface area contributed by atoms with Crippen LogP contribution in [0.1, 0.15) is 59.3 Å². The van der Waals surface area contributed by atoms with E-state index in [0.717, 1.165) is 4.44 Å². The molecule has 0 spiro atoms.